The van der Waals surface area contributed by atoms with Gasteiger partial charge in [0.1, 0.15) is 0 Å². The second kappa shape index (κ2) is 9.23. The number of hydrazone groups is 1. The lowest BCUT2D eigenvalue weighted by atomic mass is 9.96. The summed E-state index contributed by atoms with van der Waals surface area (Å²) in [6, 6.07) is 20.9. The monoisotopic (exact) mass is 497 g/mol. The lowest BCUT2D eigenvalue weighted by Crippen LogP contribution is -2.28. The molecule has 178 valence electrons. The van der Waals surface area contributed by atoms with Crippen LogP contribution in [0, 0.1) is 13.8 Å². The van der Waals surface area contributed by atoms with Gasteiger partial charge in [0.05, 0.1) is 22.4 Å². The first kappa shape index (κ1) is 24.0. The SMILES string of the molecule is CCS(=O)(=O)Nc1cccc(C2=NN(S(=O)(=O)c3ccccc3C)C(c3ccccc3C)C2)c1. The van der Waals surface area contributed by atoms with Gasteiger partial charge in [-0.25, -0.2) is 8.42 Å². The number of rotatable bonds is 7. The van der Waals surface area contributed by atoms with E-state index in [4.69, 9.17) is 0 Å². The van der Waals surface area contributed by atoms with Gasteiger partial charge in [0, 0.05) is 12.1 Å². The molecule has 1 heterocycles. The molecule has 7 nitrogen and oxygen atoms in total. The summed E-state index contributed by atoms with van der Waals surface area (Å²) >= 11 is 0. The highest BCUT2D eigenvalue weighted by atomic mass is 32.2. The first-order valence-corrected chi connectivity index (χ1v) is 14.1. The lowest BCUT2D eigenvalue weighted by Gasteiger charge is -2.25. The molecule has 0 saturated carbocycles. The van der Waals surface area contributed by atoms with E-state index in [1.54, 1.807) is 62.4 Å². The summed E-state index contributed by atoms with van der Waals surface area (Å²) in [5.74, 6) is -0.0457. The third-order valence-electron chi connectivity index (χ3n) is 5.89. The van der Waals surface area contributed by atoms with Crippen LogP contribution in [0.3, 0.4) is 0 Å². The van der Waals surface area contributed by atoms with Crippen LogP contribution in [-0.2, 0) is 20.0 Å². The first-order chi connectivity index (χ1) is 16.1. The fourth-order valence-corrected chi connectivity index (χ4v) is 6.32. The average molecular weight is 498 g/mol. The van der Waals surface area contributed by atoms with Crippen LogP contribution in [0.25, 0.3) is 0 Å². The Labute approximate surface area is 201 Å². The second-order valence-electron chi connectivity index (χ2n) is 8.25. The van der Waals surface area contributed by atoms with Crippen molar-refractivity contribution < 1.29 is 16.8 Å². The molecule has 0 bridgehead atoms. The summed E-state index contributed by atoms with van der Waals surface area (Å²) < 4.78 is 55.3. The van der Waals surface area contributed by atoms with Gasteiger partial charge in [0.15, 0.2) is 0 Å². The summed E-state index contributed by atoms with van der Waals surface area (Å²) in [7, 11) is -7.38. The van der Waals surface area contributed by atoms with Crippen molar-refractivity contribution >= 4 is 31.4 Å². The van der Waals surface area contributed by atoms with Crippen molar-refractivity contribution in [3.05, 3.63) is 95.1 Å². The van der Waals surface area contributed by atoms with E-state index in [9.17, 15) is 16.8 Å². The van der Waals surface area contributed by atoms with Crippen molar-refractivity contribution in [1.29, 1.82) is 0 Å². The predicted molar refractivity (Wildman–Crippen MR) is 135 cm³/mol. The highest BCUT2D eigenvalue weighted by Crippen LogP contribution is 2.39. The van der Waals surface area contributed by atoms with E-state index in [2.05, 4.69) is 9.82 Å². The van der Waals surface area contributed by atoms with Gasteiger partial charge in [-0.3, -0.25) is 4.72 Å². The summed E-state index contributed by atoms with van der Waals surface area (Å²) in [5.41, 5.74) is 4.14. The number of nitrogens with zero attached hydrogens (tertiary/aromatic N) is 2. The van der Waals surface area contributed by atoms with E-state index in [-0.39, 0.29) is 10.6 Å². The number of sulfonamides is 2. The van der Waals surface area contributed by atoms with E-state index in [0.717, 1.165) is 11.1 Å². The molecular formula is C25H27N3O4S2. The zero-order valence-corrected chi connectivity index (χ0v) is 20.9. The zero-order chi connectivity index (χ0) is 24.5. The summed E-state index contributed by atoms with van der Waals surface area (Å²) in [6.45, 7) is 5.28. The number of aryl methyl sites for hydroxylation is 2. The largest absolute Gasteiger partial charge is 0.284 e. The average Bonchev–Trinajstić information content (AvgIpc) is 3.26. The molecular weight excluding hydrogens is 470 g/mol. The molecule has 0 aliphatic carbocycles. The Morgan fingerprint density at radius 1 is 0.912 bits per heavy atom. The molecule has 1 atom stereocenters. The van der Waals surface area contributed by atoms with E-state index < -0.39 is 26.1 Å². The van der Waals surface area contributed by atoms with Gasteiger partial charge in [-0.1, -0.05) is 54.6 Å². The van der Waals surface area contributed by atoms with Crippen molar-refractivity contribution in [1.82, 2.24) is 4.41 Å². The van der Waals surface area contributed by atoms with Gasteiger partial charge in [0.25, 0.3) is 10.0 Å². The third kappa shape index (κ3) is 4.71. The lowest BCUT2D eigenvalue weighted by molar-refractivity contribution is 0.370. The van der Waals surface area contributed by atoms with Crippen molar-refractivity contribution in [2.45, 2.75) is 38.1 Å². The van der Waals surface area contributed by atoms with Gasteiger partial charge in [0.2, 0.25) is 10.0 Å². The van der Waals surface area contributed by atoms with Gasteiger partial charge < -0.3 is 0 Å². The summed E-state index contributed by atoms with van der Waals surface area (Å²) in [5, 5.41) is 4.59. The van der Waals surface area contributed by atoms with Crippen LogP contribution in [-0.4, -0.2) is 32.7 Å². The molecule has 1 aliphatic heterocycles. The molecule has 4 rings (SSSR count). The fraction of sp³-hybridized carbons (Fsp3) is 0.240. The predicted octanol–water partition coefficient (Wildman–Crippen LogP) is 4.61. The Morgan fingerprint density at radius 3 is 2.26 bits per heavy atom. The summed E-state index contributed by atoms with van der Waals surface area (Å²) in [4.78, 5) is 0.211. The Bertz CT molecular complexity index is 1460. The van der Waals surface area contributed by atoms with Crippen molar-refractivity contribution in [3.8, 4) is 0 Å². The minimum atomic E-state index is -3.93. The Balaban J connectivity index is 1.80. The van der Waals surface area contributed by atoms with Crippen LogP contribution in [0.1, 0.15) is 41.6 Å². The normalized spacial score (nSPS) is 16.4. The molecule has 0 spiro atoms. The fourth-order valence-electron chi connectivity index (χ4n) is 4.04. The molecule has 0 aromatic heterocycles. The van der Waals surface area contributed by atoms with Crippen molar-refractivity contribution in [2.75, 3.05) is 10.5 Å². The molecule has 1 aliphatic rings. The topological polar surface area (TPSA) is 95.9 Å². The van der Waals surface area contributed by atoms with Crippen LogP contribution in [0.5, 0.6) is 0 Å². The molecule has 3 aromatic rings. The molecule has 0 amide bonds. The maximum absolute atomic E-state index is 13.7. The number of nitrogens with one attached hydrogen (secondary N) is 1. The highest BCUT2D eigenvalue weighted by molar-refractivity contribution is 7.92. The minimum absolute atomic E-state index is 0.0457. The van der Waals surface area contributed by atoms with Gasteiger partial charge in [-0.05, 0) is 61.2 Å². The number of anilines is 1. The van der Waals surface area contributed by atoms with Crippen LogP contribution in [0.15, 0.2) is 82.8 Å². The van der Waals surface area contributed by atoms with Crippen molar-refractivity contribution in [2.24, 2.45) is 5.10 Å². The van der Waals surface area contributed by atoms with E-state index in [1.165, 1.54) is 4.41 Å². The zero-order valence-electron chi connectivity index (χ0n) is 19.3. The number of hydrogen-bond acceptors (Lipinski definition) is 5. The van der Waals surface area contributed by atoms with Gasteiger partial charge in [-0.2, -0.15) is 17.9 Å². The van der Waals surface area contributed by atoms with Crippen LogP contribution in [0.4, 0.5) is 5.69 Å². The Kier molecular flexibility index (Phi) is 6.51. The Morgan fingerprint density at radius 2 is 1.59 bits per heavy atom. The van der Waals surface area contributed by atoms with E-state index in [0.29, 0.717) is 28.9 Å². The maximum atomic E-state index is 13.7. The molecule has 9 heteroatoms. The van der Waals surface area contributed by atoms with Gasteiger partial charge >= 0.3 is 0 Å². The van der Waals surface area contributed by atoms with Crippen LogP contribution < -0.4 is 4.72 Å². The second-order valence-corrected chi connectivity index (χ2v) is 12.0. The Hall–Kier alpha value is -3.17. The molecule has 0 fully saturated rings. The minimum Gasteiger partial charge on any atom is -0.284 e. The molecule has 0 radical (unpaired) electrons. The quantitative estimate of drug-likeness (QED) is 0.516. The smallest absolute Gasteiger partial charge is 0.279 e. The molecule has 3 aromatic carbocycles. The van der Waals surface area contributed by atoms with Crippen LogP contribution >= 0.6 is 0 Å². The standard InChI is InChI=1S/C25H27N3O4S2/c1-4-33(29,30)27-21-13-9-12-20(16-21)23-17-24(22-14-7-5-10-18(22)2)28(26-23)34(31,32)25-15-8-6-11-19(25)3/h5-16,24,27H,4,17H2,1-3H3. The summed E-state index contributed by atoms with van der Waals surface area (Å²) in [6.07, 6.45) is 0.361. The van der Waals surface area contributed by atoms with E-state index in [1.807, 2.05) is 31.2 Å². The molecule has 34 heavy (non-hydrogen) atoms. The van der Waals surface area contributed by atoms with E-state index >= 15 is 0 Å². The highest BCUT2D eigenvalue weighted by Gasteiger charge is 2.38. The molecule has 1 unspecified atom stereocenters. The van der Waals surface area contributed by atoms with Crippen LogP contribution in [0.2, 0.25) is 0 Å². The number of benzene rings is 3. The molecule has 0 saturated heterocycles. The first-order valence-electron chi connectivity index (χ1n) is 11.0. The maximum Gasteiger partial charge on any atom is 0.279 e. The third-order valence-corrected chi connectivity index (χ3v) is 9.04. The number of hydrogen-bond donors (Lipinski definition) is 1. The van der Waals surface area contributed by atoms with Crippen molar-refractivity contribution in [3.63, 3.8) is 0 Å². The molecule has 1 N–H and O–H groups in total. The van der Waals surface area contributed by atoms with Gasteiger partial charge in [-0.15, -0.1) is 0 Å².